The minimum atomic E-state index is 0.182. The van der Waals surface area contributed by atoms with Gasteiger partial charge in [0.25, 0.3) is 0 Å². The molecule has 66 valence electrons. The van der Waals surface area contributed by atoms with E-state index < -0.39 is 0 Å². The second-order valence-corrected chi connectivity index (χ2v) is 3.88. The van der Waals surface area contributed by atoms with Crippen LogP contribution in [0.25, 0.3) is 0 Å². The van der Waals surface area contributed by atoms with Crippen molar-refractivity contribution in [3.8, 4) is 0 Å². The number of hydrogen-bond donors (Lipinski definition) is 1. The summed E-state index contributed by atoms with van der Waals surface area (Å²) in [7, 11) is 1.74. The summed E-state index contributed by atoms with van der Waals surface area (Å²) >= 11 is 5.02. The molecule has 1 aliphatic heterocycles. The van der Waals surface area contributed by atoms with Crippen LogP contribution in [0, 0.1) is 5.92 Å². The fourth-order valence-electron chi connectivity index (χ4n) is 2.03. The van der Waals surface area contributed by atoms with Crippen LogP contribution in [0.3, 0.4) is 0 Å². The predicted molar refractivity (Wildman–Crippen MR) is 49.6 cm³/mol. The molecule has 1 heterocycles. The number of nitrogens with zero attached hydrogens (tertiary/aromatic N) is 1. The molecule has 0 aromatic heterocycles. The highest BCUT2D eigenvalue weighted by Crippen LogP contribution is 2.29. The van der Waals surface area contributed by atoms with Crippen LogP contribution in [-0.2, 0) is 4.79 Å². The number of nitrogens with one attached hydrogen (secondary N) is 1. The number of rotatable bonds is 0. The highest BCUT2D eigenvalue weighted by atomic mass is 32.1. The average molecular weight is 184 g/mol. The third kappa shape index (κ3) is 1.02. The van der Waals surface area contributed by atoms with Gasteiger partial charge in [-0.05, 0) is 25.1 Å². The van der Waals surface area contributed by atoms with E-state index in [0.717, 1.165) is 19.3 Å². The molecular weight excluding hydrogens is 172 g/mol. The Labute approximate surface area is 77.1 Å². The van der Waals surface area contributed by atoms with E-state index in [0.29, 0.717) is 11.2 Å². The first-order valence-electron chi connectivity index (χ1n) is 4.28. The summed E-state index contributed by atoms with van der Waals surface area (Å²) in [5, 5.41) is 3.78. The summed E-state index contributed by atoms with van der Waals surface area (Å²) in [6.07, 6.45) is 3.25. The van der Waals surface area contributed by atoms with Crippen molar-refractivity contribution in [1.29, 1.82) is 0 Å². The summed E-state index contributed by atoms with van der Waals surface area (Å²) in [4.78, 5) is 13.2. The lowest BCUT2D eigenvalue weighted by Crippen LogP contribution is -2.56. The van der Waals surface area contributed by atoms with Crippen molar-refractivity contribution in [2.45, 2.75) is 25.3 Å². The smallest absolute Gasteiger partial charge is 0.233 e. The van der Waals surface area contributed by atoms with Crippen LogP contribution in [0.1, 0.15) is 19.3 Å². The maximum absolute atomic E-state index is 11.6. The molecule has 0 radical (unpaired) electrons. The molecular formula is C8H12N2OS. The van der Waals surface area contributed by atoms with Crippen molar-refractivity contribution >= 4 is 23.2 Å². The van der Waals surface area contributed by atoms with Crippen LogP contribution >= 0.6 is 12.2 Å². The molecule has 1 saturated heterocycles. The Bertz CT molecular complexity index is 241. The molecule has 3 nitrogen and oxygen atoms in total. The van der Waals surface area contributed by atoms with Crippen molar-refractivity contribution in [2.75, 3.05) is 7.05 Å². The van der Waals surface area contributed by atoms with Crippen molar-refractivity contribution in [3.05, 3.63) is 0 Å². The molecule has 0 bridgehead atoms. The van der Waals surface area contributed by atoms with Crippen LogP contribution in [0.4, 0.5) is 0 Å². The normalized spacial score (nSPS) is 34.9. The quantitative estimate of drug-likeness (QED) is 0.556. The maximum atomic E-state index is 11.6. The fraction of sp³-hybridized carbons (Fsp3) is 0.750. The first-order valence-corrected chi connectivity index (χ1v) is 4.69. The Hall–Kier alpha value is -0.640. The molecule has 1 amide bonds. The van der Waals surface area contributed by atoms with Crippen molar-refractivity contribution in [1.82, 2.24) is 10.2 Å². The summed E-state index contributed by atoms with van der Waals surface area (Å²) in [5.41, 5.74) is 0. The fourth-order valence-corrected chi connectivity index (χ4v) is 2.27. The summed E-state index contributed by atoms with van der Waals surface area (Å²) < 4.78 is 0. The SMILES string of the molecule is CN1C(=O)[C@@H]2CCC[C@@H]2NC1=S. The molecule has 0 unspecified atom stereocenters. The molecule has 2 atom stereocenters. The molecule has 0 aromatic rings. The first kappa shape index (κ1) is 7.98. The van der Waals surface area contributed by atoms with Gasteiger partial charge in [0, 0.05) is 13.1 Å². The molecule has 2 fully saturated rings. The van der Waals surface area contributed by atoms with Gasteiger partial charge in [0.05, 0.1) is 5.92 Å². The van der Waals surface area contributed by atoms with Gasteiger partial charge in [-0.25, -0.2) is 0 Å². The molecule has 1 saturated carbocycles. The van der Waals surface area contributed by atoms with Crippen LogP contribution in [-0.4, -0.2) is 29.0 Å². The molecule has 0 aromatic carbocycles. The van der Waals surface area contributed by atoms with Gasteiger partial charge in [-0.15, -0.1) is 0 Å². The Balaban J connectivity index is 2.21. The third-order valence-electron chi connectivity index (χ3n) is 2.78. The number of fused-ring (bicyclic) bond motifs is 1. The van der Waals surface area contributed by atoms with Crippen LogP contribution < -0.4 is 5.32 Å². The van der Waals surface area contributed by atoms with Gasteiger partial charge in [-0.1, -0.05) is 6.42 Å². The molecule has 1 N–H and O–H groups in total. The van der Waals surface area contributed by atoms with Crippen molar-refractivity contribution < 1.29 is 4.79 Å². The largest absolute Gasteiger partial charge is 0.359 e. The van der Waals surface area contributed by atoms with E-state index >= 15 is 0 Å². The topological polar surface area (TPSA) is 32.3 Å². The van der Waals surface area contributed by atoms with E-state index in [1.807, 2.05) is 0 Å². The van der Waals surface area contributed by atoms with Gasteiger partial charge in [0.15, 0.2) is 5.11 Å². The molecule has 2 rings (SSSR count). The maximum Gasteiger partial charge on any atom is 0.233 e. The van der Waals surface area contributed by atoms with E-state index in [2.05, 4.69) is 5.32 Å². The zero-order valence-electron chi connectivity index (χ0n) is 7.04. The lowest BCUT2D eigenvalue weighted by Gasteiger charge is -2.33. The lowest BCUT2D eigenvalue weighted by molar-refractivity contribution is -0.132. The van der Waals surface area contributed by atoms with E-state index in [4.69, 9.17) is 12.2 Å². The summed E-state index contributed by atoms with van der Waals surface area (Å²) in [6, 6.07) is 0.321. The molecule has 4 heteroatoms. The Morgan fingerprint density at radius 1 is 1.58 bits per heavy atom. The van der Waals surface area contributed by atoms with Gasteiger partial charge in [0.1, 0.15) is 0 Å². The standard InChI is InChI=1S/C8H12N2OS/c1-10-7(11)5-3-2-4-6(5)9-8(10)12/h5-6H,2-4H2,1H3,(H,9,12)/t5-,6+/m1/s1. The summed E-state index contributed by atoms with van der Waals surface area (Å²) in [6.45, 7) is 0. The second kappa shape index (κ2) is 2.69. The van der Waals surface area contributed by atoms with Crippen molar-refractivity contribution in [3.63, 3.8) is 0 Å². The Morgan fingerprint density at radius 3 is 3.08 bits per heavy atom. The second-order valence-electron chi connectivity index (χ2n) is 3.49. The number of thiocarbonyl (C=S) groups is 1. The van der Waals surface area contributed by atoms with Gasteiger partial charge < -0.3 is 5.32 Å². The lowest BCUT2D eigenvalue weighted by atomic mass is 10.0. The molecule has 0 spiro atoms. The van der Waals surface area contributed by atoms with Crippen LogP contribution in [0.15, 0.2) is 0 Å². The number of hydrogen-bond acceptors (Lipinski definition) is 2. The number of amides is 1. The third-order valence-corrected chi connectivity index (χ3v) is 3.17. The first-order chi connectivity index (χ1) is 5.70. The monoisotopic (exact) mass is 184 g/mol. The van der Waals surface area contributed by atoms with Gasteiger partial charge in [0.2, 0.25) is 5.91 Å². The van der Waals surface area contributed by atoms with Crippen molar-refractivity contribution in [2.24, 2.45) is 5.92 Å². The predicted octanol–water partition coefficient (Wildman–Crippen LogP) is 0.502. The van der Waals surface area contributed by atoms with Crippen LogP contribution in [0.5, 0.6) is 0 Å². The van der Waals surface area contributed by atoms with E-state index in [1.165, 1.54) is 0 Å². The van der Waals surface area contributed by atoms with Gasteiger partial charge >= 0.3 is 0 Å². The minimum Gasteiger partial charge on any atom is -0.359 e. The number of carbonyl (C=O) groups excluding carboxylic acids is 1. The molecule has 1 aliphatic carbocycles. The summed E-state index contributed by atoms with van der Waals surface area (Å²) in [5.74, 6) is 0.378. The van der Waals surface area contributed by atoms with E-state index in [1.54, 1.807) is 11.9 Å². The van der Waals surface area contributed by atoms with E-state index in [-0.39, 0.29) is 11.8 Å². The highest BCUT2D eigenvalue weighted by molar-refractivity contribution is 7.80. The number of carbonyl (C=O) groups is 1. The zero-order chi connectivity index (χ0) is 8.72. The Kier molecular flexibility index (Phi) is 1.79. The van der Waals surface area contributed by atoms with E-state index in [9.17, 15) is 4.79 Å². The average Bonchev–Trinajstić information content (AvgIpc) is 2.48. The zero-order valence-corrected chi connectivity index (χ0v) is 7.86. The Morgan fingerprint density at radius 2 is 2.33 bits per heavy atom. The highest BCUT2D eigenvalue weighted by Gasteiger charge is 2.40. The van der Waals surface area contributed by atoms with Gasteiger partial charge in [-0.3, -0.25) is 9.69 Å². The van der Waals surface area contributed by atoms with Crippen LogP contribution in [0.2, 0.25) is 0 Å². The molecule has 2 aliphatic rings. The van der Waals surface area contributed by atoms with Gasteiger partial charge in [-0.2, -0.15) is 0 Å². The minimum absolute atomic E-state index is 0.182. The molecule has 12 heavy (non-hydrogen) atoms.